The molecule has 0 aliphatic carbocycles. The summed E-state index contributed by atoms with van der Waals surface area (Å²) >= 11 is 0. The lowest BCUT2D eigenvalue weighted by molar-refractivity contribution is -0.137. The van der Waals surface area contributed by atoms with E-state index in [1.54, 1.807) is 6.07 Å². The van der Waals surface area contributed by atoms with Crippen LogP contribution in [0.3, 0.4) is 0 Å². The van der Waals surface area contributed by atoms with Gasteiger partial charge in [0.15, 0.2) is 0 Å². The summed E-state index contributed by atoms with van der Waals surface area (Å²) in [6.07, 6.45) is -1.99. The van der Waals surface area contributed by atoms with E-state index in [0.717, 1.165) is 38.1 Å². The summed E-state index contributed by atoms with van der Waals surface area (Å²) in [4.78, 5) is 2.18. The highest BCUT2D eigenvalue weighted by molar-refractivity contribution is 5.32. The molecule has 2 fully saturated rings. The van der Waals surface area contributed by atoms with E-state index in [0.29, 0.717) is 12.0 Å². The van der Waals surface area contributed by atoms with Gasteiger partial charge in [0.05, 0.1) is 5.56 Å². The molecule has 1 aromatic carbocycles. The van der Waals surface area contributed by atoms with Crippen LogP contribution in [0, 0.1) is 0 Å². The molecule has 0 aromatic heterocycles. The lowest BCUT2D eigenvalue weighted by atomic mass is 9.84. The zero-order valence-corrected chi connectivity index (χ0v) is 10.5. The molecule has 2 aliphatic rings. The second-order valence-electron chi connectivity index (χ2n) is 5.45. The van der Waals surface area contributed by atoms with Gasteiger partial charge in [0.2, 0.25) is 0 Å². The summed E-state index contributed by atoms with van der Waals surface area (Å²) in [7, 11) is 0. The van der Waals surface area contributed by atoms with Crippen LogP contribution in [0.1, 0.15) is 30.4 Å². The Bertz CT molecular complexity index is 488. The van der Waals surface area contributed by atoms with Crippen molar-refractivity contribution in [3.8, 4) is 0 Å². The molecular formula is C14H16F3NO. The molecule has 0 radical (unpaired) electrons. The molecule has 2 heterocycles. The van der Waals surface area contributed by atoms with Crippen molar-refractivity contribution in [3.05, 3.63) is 35.4 Å². The second-order valence-corrected chi connectivity index (χ2v) is 5.45. The van der Waals surface area contributed by atoms with E-state index in [9.17, 15) is 18.3 Å². The van der Waals surface area contributed by atoms with Crippen LogP contribution in [0.2, 0.25) is 0 Å². The van der Waals surface area contributed by atoms with Crippen molar-refractivity contribution in [1.29, 1.82) is 0 Å². The normalized spacial score (nSPS) is 31.7. The molecule has 2 unspecified atom stereocenters. The summed E-state index contributed by atoms with van der Waals surface area (Å²) in [5, 5.41) is 10.8. The standard InChI is InChI=1S/C14H16F3NO/c15-14(16,17)11-4-1-3-10(9-11)13(19)6-8-18-7-2-5-12(13)18/h1,3-4,9,12,19H,2,5-8H2. The third-order valence-corrected chi connectivity index (χ3v) is 4.38. The predicted molar refractivity (Wildman–Crippen MR) is 64.6 cm³/mol. The maximum absolute atomic E-state index is 12.8. The molecular weight excluding hydrogens is 255 g/mol. The fourth-order valence-corrected chi connectivity index (χ4v) is 3.42. The first-order valence-corrected chi connectivity index (χ1v) is 6.55. The number of rotatable bonds is 1. The minimum atomic E-state index is -4.36. The molecule has 2 saturated heterocycles. The highest BCUT2D eigenvalue weighted by Gasteiger charge is 2.49. The Morgan fingerprint density at radius 2 is 2.05 bits per heavy atom. The maximum atomic E-state index is 12.8. The number of hydrogen-bond donors (Lipinski definition) is 1. The minimum absolute atomic E-state index is 0.0315. The number of aliphatic hydroxyl groups is 1. The highest BCUT2D eigenvalue weighted by atomic mass is 19.4. The van der Waals surface area contributed by atoms with E-state index in [2.05, 4.69) is 4.90 Å². The molecule has 0 bridgehead atoms. The van der Waals surface area contributed by atoms with Gasteiger partial charge in [-0.15, -0.1) is 0 Å². The van der Waals surface area contributed by atoms with Crippen LogP contribution in [0.25, 0.3) is 0 Å². The monoisotopic (exact) mass is 271 g/mol. The average Bonchev–Trinajstić information content (AvgIpc) is 2.94. The molecule has 1 N–H and O–H groups in total. The molecule has 2 nitrogen and oxygen atoms in total. The number of halogens is 3. The van der Waals surface area contributed by atoms with Crippen molar-refractivity contribution in [2.75, 3.05) is 13.1 Å². The van der Waals surface area contributed by atoms with E-state index in [1.807, 2.05) is 0 Å². The van der Waals surface area contributed by atoms with E-state index < -0.39 is 17.3 Å². The Hall–Kier alpha value is -1.07. The maximum Gasteiger partial charge on any atom is 0.416 e. The van der Waals surface area contributed by atoms with Gasteiger partial charge in [0.1, 0.15) is 5.60 Å². The van der Waals surface area contributed by atoms with E-state index in [-0.39, 0.29) is 6.04 Å². The first-order chi connectivity index (χ1) is 8.91. The topological polar surface area (TPSA) is 23.5 Å². The zero-order valence-electron chi connectivity index (χ0n) is 10.5. The number of benzene rings is 1. The van der Waals surface area contributed by atoms with Crippen LogP contribution < -0.4 is 0 Å². The lowest BCUT2D eigenvalue weighted by Gasteiger charge is -2.30. The number of fused-ring (bicyclic) bond motifs is 1. The quantitative estimate of drug-likeness (QED) is 0.849. The molecule has 0 amide bonds. The van der Waals surface area contributed by atoms with Crippen LogP contribution in [0.4, 0.5) is 13.2 Å². The van der Waals surface area contributed by atoms with Gasteiger partial charge in [0, 0.05) is 12.6 Å². The average molecular weight is 271 g/mol. The Morgan fingerprint density at radius 3 is 2.79 bits per heavy atom. The molecule has 2 aliphatic heterocycles. The molecule has 19 heavy (non-hydrogen) atoms. The Balaban J connectivity index is 1.98. The molecule has 5 heteroatoms. The van der Waals surface area contributed by atoms with Gasteiger partial charge in [-0.1, -0.05) is 12.1 Å². The summed E-state index contributed by atoms with van der Waals surface area (Å²) in [5.41, 5.74) is -1.41. The first-order valence-electron chi connectivity index (χ1n) is 6.55. The summed E-state index contributed by atoms with van der Waals surface area (Å²) < 4.78 is 38.3. The summed E-state index contributed by atoms with van der Waals surface area (Å²) in [5.74, 6) is 0. The summed E-state index contributed by atoms with van der Waals surface area (Å²) in [6.45, 7) is 1.70. The van der Waals surface area contributed by atoms with Crippen LogP contribution in [-0.4, -0.2) is 29.1 Å². The van der Waals surface area contributed by atoms with E-state index >= 15 is 0 Å². The number of nitrogens with zero attached hydrogens (tertiary/aromatic N) is 1. The summed E-state index contributed by atoms with van der Waals surface area (Å²) in [6, 6.07) is 5.11. The first kappa shape index (κ1) is 12.9. The Labute approximate surface area is 109 Å². The third kappa shape index (κ3) is 2.05. The highest BCUT2D eigenvalue weighted by Crippen LogP contribution is 2.43. The van der Waals surface area contributed by atoms with E-state index in [1.165, 1.54) is 6.07 Å². The van der Waals surface area contributed by atoms with Crippen LogP contribution in [0.15, 0.2) is 24.3 Å². The minimum Gasteiger partial charge on any atom is -0.383 e. The van der Waals surface area contributed by atoms with Gasteiger partial charge in [-0.3, -0.25) is 4.90 Å². The van der Waals surface area contributed by atoms with Crippen molar-refractivity contribution >= 4 is 0 Å². The predicted octanol–water partition coefficient (Wildman–Crippen LogP) is 2.76. The smallest absolute Gasteiger partial charge is 0.383 e. The fraction of sp³-hybridized carbons (Fsp3) is 0.571. The molecule has 0 spiro atoms. The molecule has 1 aromatic rings. The van der Waals surface area contributed by atoms with Crippen LogP contribution in [-0.2, 0) is 11.8 Å². The van der Waals surface area contributed by atoms with Gasteiger partial charge in [-0.25, -0.2) is 0 Å². The molecule has 104 valence electrons. The van der Waals surface area contributed by atoms with Crippen LogP contribution >= 0.6 is 0 Å². The largest absolute Gasteiger partial charge is 0.416 e. The van der Waals surface area contributed by atoms with Crippen molar-refractivity contribution in [3.63, 3.8) is 0 Å². The number of alkyl halides is 3. The lowest BCUT2D eigenvalue weighted by Crippen LogP contribution is -2.38. The van der Waals surface area contributed by atoms with Crippen molar-refractivity contribution in [2.45, 2.75) is 37.1 Å². The molecule has 2 atom stereocenters. The van der Waals surface area contributed by atoms with Gasteiger partial charge < -0.3 is 5.11 Å². The van der Waals surface area contributed by atoms with Crippen molar-refractivity contribution < 1.29 is 18.3 Å². The zero-order chi connectivity index (χ0) is 13.7. The van der Waals surface area contributed by atoms with Gasteiger partial charge in [-0.2, -0.15) is 13.2 Å². The van der Waals surface area contributed by atoms with Crippen molar-refractivity contribution in [1.82, 2.24) is 4.90 Å². The SMILES string of the molecule is OC1(c2cccc(C(F)(F)F)c2)CCN2CCCC21. The second kappa shape index (κ2) is 4.21. The van der Waals surface area contributed by atoms with Gasteiger partial charge in [0.25, 0.3) is 0 Å². The fourth-order valence-electron chi connectivity index (χ4n) is 3.42. The third-order valence-electron chi connectivity index (χ3n) is 4.38. The van der Waals surface area contributed by atoms with Gasteiger partial charge >= 0.3 is 6.18 Å². The van der Waals surface area contributed by atoms with Crippen LogP contribution in [0.5, 0.6) is 0 Å². The Kier molecular flexibility index (Phi) is 2.87. The number of hydrogen-bond acceptors (Lipinski definition) is 2. The molecule has 0 saturated carbocycles. The Morgan fingerprint density at radius 1 is 1.26 bits per heavy atom. The van der Waals surface area contributed by atoms with Crippen molar-refractivity contribution in [2.24, 2.45) is 0 Å². The van der Waals surface area contributed by atoms with Gasteiger partial charge in [-0.05, 0) is 43.5 Å². The molecule has 3 rings (SSSR count). The van der Waals surface area contributed by atoms with E-state index in [4.69, 9.17) is 0 Å².